The molecular weight excluding hydrogens is 398 g/mol. The Hall–Kier alpha value is -3.51. The third kappa shape index (κ3) is 4.55. The molecule has 30 heavy (non-hydrogen) atoms. The fraction of sp³-hybridized carbons (Fsp3) is 0.0833. The first-order chi connectivity index (χ1) is 14.6. The van der Waals surface area contributed by atoms with E-state index in [1.54, 1.807) is 12.1 Å². The number of nitrogens with one attached hydrogen (secondary N) is 1. The zero-order valence-electron chi connectivity index (χ0n) is 16.3. The van der Waals surface area contributed by atoms with Crippen molar-refractivity contribution in [1.82, 2.24) is 0 Å². The van der Waals surface area contributed by atoms with Gasteiger partial charge in [0, 0.05) is 4.90 Å². The molecule has 5 nitrogen and oxygen atoms in total. The van der Waals surface area contributed by atoms with Gasteiger partial charge in [0.1, 0.15) is 12.4 Å². The fourth-order valence-electron chi connectivity index (χ4n) is 2.94. The summed E-state index contributed by atoms with van der Waals surface area (Å²) < 4.78 is 10.5. The average molecular weight is 417 g/mol. The second-order valence-electron chi connectivity index (χ2n) is 6.61. The van der Waals surface area contributed by atoms with Gasteiger partial charge in [-0.05, 0) is 53.6 Å². The number of methoxy groups -OCH3 is 1. The molecule has 1 amide bonds. The molecule has 0 unspecified atom stereocenters. The summed E-state index contributed by atoms with van der Waals surface area (Å²) in [4.78, 5) is 25.5. The Bertz CT molecular complexity index is 1100. The van der Waals surface area contributed by atoms with E-state index >= 15 is 0 Å². The Labute approximate surface area is 178 Å². The van der Waals surface area contributed by atoms with Crippen LogP contribution in [0.1, 0.15) is 21.5 Å². The van der Waals surface area contributed by atoms with Gasteiger partial charge in [0.2, 0.25) is 0 Å². The zero-order valence-corrected chi connectivity index (χ0v) is 17.1. The molecule has 0 radical (unpaired) electrons. The van der Waals surface area contributed by atoms with Crippen molar-refractivity contribution in [3.05, 3.63) is 94.4 Å². The van der Waals surface area contributed by atoms with Crippen molar-refractivity contribution in [2.24, 2.45) is 0 Å². The fourth-order valence-corrected chi connectivity index (χ4v) is 3.89. The lowest BCUT2D eigenvalue weighted by atomic mass is 10.1. The van der Waals surface area contributed by atoms with Crippen LogP contribution < -0.4 is 10.1 Å². The topological polar surface area (TPSA) is 64.6 Å². The molecule has 6 heteroatoms. The van der Waals surface area contributed by atoms with Gasteiger partial charge in [0.25, 0.3) is 5.91 Å². The molecule has 0 aromatic heterocycles. The van der Waals surface area contributed by atoms with Gasteiger partial charge >= 0.3 is 5.97 Å². The summed E-state index contributed by atoms with van der Waals surface area (Å²) in [5.74, 6) is 0.259. The van der Waals surface area contributed by atoms with Crippen LogP contribution in [-0.4, -0.2) is 19.0 Å². The van der Waals surface area contributed by atoms with E-state index in [4.69, 9.17) is 9.47 Å². The molecule has 0 atom stereocenters. The molecule has 0 bridgehead atoms. The maximum Gasteiger partial charge on any atom is 0.337 e. The lowest BCUT2D eigenvalue weighted by Gasteiger charge is -2.18. The smallest absolute Gasteiger partial charge is 0.337 e. The highest BCUT2D eigenvalue weighted by atomic mass is 32.2. The van der Waals surface area contributed by atoms with E-state index in [0.29, 0.717) is 17.1 Å². The van der Waals surface area contributed by atoms with E-state index in [0.717, 1.165) is 27.5 Å². The molecule has 4 rings (SSSR count). The number of ether oxygens (including phenoxy) is 2. The van der Waals surface area contributed by atoms with Crippen LogP contribution in [0.2, 0.25) is 0 Å². The summed E-state index contributed by atoms with van der Waals surface area (Å²) in [6.07, 6.45) is 1.87. The van der Waals surface area contributed by atoms with E-state index in [1.807, 2.05) is 66.7 Å². The van der Waals surface area contributed by atoms with E-state index in [1.165, 1.54) is 18.9 Å². The van der Waals surface area contributed by atoms with Gasteiger partial charge in [-0.1, -0.05) is 48.2 Å². The average Bonchev–Trinajstić information content (AvgIpc) is 2.79. The number of hydrogen-bond donors (Lipinski definition) is 1. The Morgan fingerprint density at radius 1 is 1.00 bits per heavy atom. The molecule has 3 aromatic rings. The van der Waals surface area contributed by atoms with Crippen molar-refractivity contribution >= 4 is 35.4 Å². The van der Waals surface area contributed by atoms with Crippen LogP contribution in [0.3, 0.4) is 0 Å². The molecule has 150 valence electrons. The van der Waals surface area contributed by atoms with Crippen molar-refractivity contribution < 1.29 is 19.1 Å². The van der Waals surface area contributed by atoms with Crippen molar-refractivity contribution in [2.45, 2.75) is 11.5 Å². The Kier molecular flexibility index (Phi) is 5.86. The summed E-state index contributed by atoms with van der Waals surface area (Å²) in [7, 11) is 1.36. The van der Waals surface area contributed by atoms with Crippen molar-refractivity contribution in [3.8, 4) is 5.75 Å². The first kappa shape index (κ1) is 19.8. The van der Waals surface area contributed by atoms with Crippen molar-refractivity contribution in [3.63, 3.8) is 0 Å². The maximum atomic E-state index is 12.3. The lowest BCUT2D eigenvalue weighted by Crippen LogP contribution is -2.17. The maximum absolute atomic E-state index is 12.3. The van der Waals surface area contributed by atoms with Gasteiger partial charge in [-0.15, -0.1) is 0 Å². The van der Waals surface area contributed by atoms with Gasteiger partial charge in [0.05, 0.1) is 23.3 Å². The molecule has 3 aromatic carbocycles. The van der Waals surface area contributed by atoms with E-state index in [9.17, 15) is 9.59 Å². The Balaban J connectivity index is 1.39. The molecule has 1 aliphatic heterocycles. The van der Waals surface area contributed by atoms with Gasteiger partial charge < -0.3 is 14.8 Å². The highest BCUT2D eigenvalue weighted by molar-refractivity contribution is 8.04. The number of carbonyl (C=O) groups is 2. The van der Waals surface area contributed by atoms with Crippen LogP contribution in [-0.2, 0) is 16.1 Å². The first-order valence-electron chi connectivity index (χ1n) is 9.32. The van der Waals surface area contributed by atoms with Crippen LogP contribution in [0.25, 0.3) is 6.08 Å². The molecule has 1 N–H and O–H groups in total. The quantitative estimate of drug-likeness (QED) is 0.460. The van der Waals surface area contributed by atoms with E-state index in [2.05, 4.69) is 5.32 Å². The summed E-state index contributed by atoms with van der Waals surface area (Å²) >= 11 is 1.46. The minimum atomic E-state index is -0.361. The first-order valence-corrected chi connectivity index (χ1v) is 10.1. The van der Waals surface area contributed by atoms with E-state index in [-0.39, 0.29) is 11.9 Å². The highest BCUT2D eigenvalue weighted by Crippen LogP contribution is 2.38. The SMILES string of the molecule is COC(=O)c1ccc(COc2ccc(/C=C3\Sc4ccccc4NC3=O)cc2)cc1. The summed E-state index contributed by atoms with van der Waals surface area (Å²) in [6, 6.07) is 22.4. The summed E-state index contributed by atoms with van der Waals surface area (Å²) in [5, 5.41) is 2.91. The number of esters is 1. The number of fused-ring (bicyclic) bond motifs is 1. The second kappa shape index (κ2) is 8.88. The predicted octanol–water partition coefficient (Wildman–Crippen LogP) is 5.14. The Morgan fingerprint density at radius 3 is 2.47 bits per heavy atom. The Morgan fingerprint density at radius 2 is 1.73 bits per heavy atom. The molecular formula is C24H19NO4S. The van der Waals surface area contributed by atoms with Gasteiger partial charge in [-0.25, -0.2) is 4.79 Å². The van der Waals surface area contributed by atoms with Crippen LogP contribution in [0.5, 0.6) is 5.75 Å². The highest BCUT2D eigenvalue weighted by Gasteiger charge is 2.20. The molecule has 0 saturated carbocycles. The standard InChI is InChI=1S/C24H19NO4S/c1-28-24(27)18-10-6-17(7-11-18)15-29-19-12-8-16(9-13-19)14-22-23(26)25-20-4-2-3-5-21(20)30-22/h2-14H,15H2,1H3,(H,25,26)/b22-14-. The number of benzene rings is 3. The normalized spacial score (nSPS) is 14.0. The van der Waals surface area contributed by atoms with Crippen LogP contribution in [0.4, 0.5) is 5.69 Å². The monoisotopic (exact) mass is 417 g/mol. The summed E-state index contributed by atoms with van der Waals surface area (Å²) in [5.41, 5.74) is 3.21. The minimum absolute atomic E-state index is 0.102. The van der Waals surface area contributed by atoms with Crippen LogP contribution >= 0.6 is 11.8 Å². The van der Waals surface area contributed by atoms with Crippen LogP contribution in [0.15, 0.2) is 82.6 Å². The second-order valence-corrected chi connectivity index (χ2v) is 7.69. The predicted molar refractivity (Wildman–Crippen MR) is 117 cm³/mol. The number of hydrogen-bond acceptors (Lipinski definition) is 5. The van der Waals surface area contributed by atoms with Crippen molar-refractivity contribution in [2.75, 3.05) is 12.4 Å². The third-order valence-electron chi connectivity index (χ3n) is 4.54. The number of amides is 1. The number of rotatable bonds is 5. The molecule has 0 aliphatic carbocycles. The number of para-hydroxylation sites is 1. The molecule has 0 fully saturated rings. The molecule has 1 aliphatic rings. The van der Waals surface area contributed by atoms with Crippen LogP contribution in [0, 0.1) is 0 Å². The van der Waals surface area contributed by atoms with Gasteiger partial charge in [0.15, 0.2) is 0 Å². The minimum Gasteiger partial charge on any atom is -0.489 e. The van der Waals surface area contributed by atoms with Gasteiger partial charge in [-0.3, -0.25) is 4.79 Å². The van der Waals surface area contributed by atoms with Crippen molar-refractivity contribution in [1.29, 1.82) is 0 Å². The third-order valence-corrected chi connectivity index (χ3v) is 5.64. The zero-order chi connectivity index (χ0) is 20.9. The molecule has 0 spiro atoms. The van der Waals surface area contributed by atoms with E-state index < -0.39 is 0 Å². The number of carbonyl (C=O) groups excluding carboxylic acids is 2. The molecule has 1 heterocycles. The lowest BCUT2D eigenvalue weighted by molar-refractivity contribution is -0.112. The largest absolute Gasteiger partial charge is 0.489 e. The summed E-state index contributed by atoms with van der Waals surface area (Å²) in [6.45, 7) is 0.386. The number of thioether (sulfide) groups is 1. The van der Waals surface area contributed by atoms with Gasteiger partial charge in [-0.2, -0.15) is 0 Å². The molecule has 0 saturated heterocycles. The number of anilines is 1.